The number of thiazole rings is 1. The Kier molecular flexibility index (Phi) is 8.14. The number of guanidine groups is 1. The molecule has 2 fully saturated rings. The molecule has 1 saturated heterocycles. The molecule has 1 aromatic heterocycles. The number of carbonyl (C=O) groups excluding carboxylic acids is 1. The molecule has 1 unspecified atom stereocenters. The molecule has 2 heterocycles. The van der Waals surface area contributed by atoms with Crippen LogP contribution in [0.3, 0.4) is 0 Å². The zero-order valence-electron chi connectivity index (χ0n) is 19.2. The van der Waals surface area contributed by atoms with Crippen molar-refractivity contribution in [3.63, 3.8) is 0 Å². The van der Waals surface area contributed by atoms with Gasteiger partial charge in [0, 0.05) is 55.4 Å². The summed E-state index contributed by atoms with van der Waals surface area (Å²) in [7, 11) is 0. The highest BCUT2D eigenvalue weighted by atomic mass is 32.1. The second-order valence-corrected chi connectivity index (χ2v) is 10.6. The molecule has 6 nitrogen and oxygen atoms in total. The molecule has 30 heavy (non-hydrogen) atoms. The maximum absolute atomic E-state index is 12.8. The third kappa shape index (κ3) is 6.43. The Morgan fingerprint density at radius 3 is 2.70 bits per heavy atom. The summed E-state index contributed by atoms with van der Waals surface area (Å²) in [6, 6.07) is 0.280. The predicted molar refractivity (Wildman–Crippen MR) is 125 cm³/mol. The number of aromatic nitrogens is 1. The minimum atomic E-state index is 0.0951. The molecule has 1 aliphatic carbocycles. The summed E-state index contributed by atoms with van der Waals surface area (Å²) in [5, 5.41) is 10.2. The van der Waals surface area contributed by atoms with Crippen LogP contribution < -0.4 is 10.6 Å². The highest BCUT2D eigenvalue weighted by Crippen LogP contribution is 2.27. The van der Waals surface area contributed by atoms with E-state index in [0.29, 0.717) is 12.5 Å². The first-order valence-corrected chi connectivity index (χ1v) is 12.5. The minimum absolute atomic E-state index is 0.0951. The Labute approximate surface area is 185 Å². The Balaban J connectivity index is 1.49. The number of rotatable bonds is 6. The second kappa shape index (κ2) is 10.6. The van der Waals surface area contributed by atoms with Crippen LogP contribution in [0.15, 0.2) is 10.4 Å². The van der Waals surface area contributed by atoms with E-state index in [-0.39, 0.29) is 17.4 Å². The lowest BCUT2D eigenvalue weighted by molar-refractivity contribution is -0.135. The van der Waals surface area contributed by atoms with Crippen molar-refractivity contribution in [2.24, 2.45) is 10.9 Å². The number of hydrogen-bond acceptors (Lipinski definition) is 4. The highest BCUT2D eigenvalue weighted by molar-refractivity contribution is 7.09. The molecule has 168 valence electrons. The molecule has 0 aromatic carbocycles. The smallest absolute Gasteiger partial charge is 0.225 e. The quantitative estimate of drug-likeness (QED) is 0.530. The topological polar surface area (TPSA) is 69.6 Å². The Morgan fingerprint density at radius 2 is 2.03 bits per heavy atom. The summed E-state index contributed by atoms with van der Waals surface area (Å²) >= 11 is 1.73. The standard InChI is InChI=1S/C23H39N5OS/c1-5-24-22(25-13-11-20-27-19(16-30-20)23(2,3)4)26-18-12-14-28(15-18)21(29)17-9-7-6-8-10-17/h16-18H,5-15H2,1-4H3,(H2,24,25,26). The van der Waals surface area contributed by atoms with E-state index in [2.05, 4.69) is 48.6 Å². The van der Waals surface area contributed by atoms with Gasteiger partial charge in [0.25, 0.3) is 0 Å². The van der Waals surface area contributed by atoms with Crippen LogP contribution in [-0.4, -0.2) is 54.0 Å². The van der Waals surface area contributed by atoms with Crippen LogP contribution in [0.2, 0.25) is 0 Å². The Bertz CT molecular complexity index is 717. The van der Waals surface area contributed by atoms with Gasteiger partial charge in [0.15, 0.2) is 5.96 Å². The van der Waals surface area contributed by atoms with E-state index in [1.54, 1.807) is 11.3 Å². The molecule has 2 aliphatic rings. The van der Waals surface area contributed by atoms with Gasteiger partial charge in [-0.25, -0.2) is 4.98 Å². The normalized spacial score (nSPS) is 21.1. The fourth-order valence-electron chi connectivity index (χ4n) is 4.23. The van der Waals surface area contributed by atoms with Crippen molar-refractivity contribution in [3.8, 4) is 0 Å². The first kappa shape index (κ1) is 23.0. The molecule has 7 heteroatoms. The maximum atomic E-state index is 12.8. The van der Waals surface area contributed by atoms with Crippen LogP contribution in [0.4, 0.5) is 0 Å². The molecule has 3 rings (SSSR count). The zero-order chi connectivity index (χ0) is 21.6. The summed E-state index contributed by atoms with van der Waals surface area (Å²) in [6.07, 6.45) is 7.70. The fourth-order valence-corrected chi connectivity index (χ4v) is 5.25. The summed E-state index contributed by atoms with van der Waals surface area (Å²) in [6.45, 7) is 11.9. The number of amides is 1. The van der Waals surface area contributed by atoms with Crippen LogP contribution in [-0.2, 0) is 16.6 Å². The van der Waals surface area contributed by atoms with Gasteiger partial charge in [0.05, 0.1) is 10.7 Å². The molecule has 1 saturated carbocycles. The monoisotopic (exact) mass is 433 g/mol. The number of nitrogens with one attached hydrogen (secondary N) is 2. The van der Waals surface area contributed by atoms with Crippen molar-refractivity contribution in [1.29, 1.82) is 0 Å². The third-order valence-corrected chi connectivity index (χ3v) is 6.96. The van der Waals surface area contributed by atoms with Crippen LogP contribution in [0, 0.1) is 5.92 Å². The molecule has 0 radical (unpaired) electrons. The molecule has 1 amide bonds. The minimum Gasteiger partial charge on any atom is -0.357 e. The van der Waals surface area contributed by atoms with Crippen molar-refractivity contribution in [2.75, 3.05) is 26.2 Å². The van der Waals surface area contributed by atoms with E-state index in [9.17, 15) is 4.79 Å². The Hall–Kier alpha value is -1.63. The summed E-state index contributed by atoms with van der Waals surface area (Å²) in [4.78, 5) is 24.4. The maximum Gasteiger partial charge on any atom is 0.225 e. The number of aliphatic imine (C=N–C) groups is 1. The first-order valence-electron chi connectivity index (χ1n) is 11.7. The highest BCUT2D eigenvalue weighted by Gasteiger charge is 2.31. The Morgan fingerprint density at radius 1 is 1.27 bits per heavy atom. The summed E-state index contributed by atoms with van der Waals surface area (Å²) < 4.78 is 0. The van der Waals surface area contributed by atoms with E-state index >= 15 is 0 Å². The molecule has 1 aromatic rings. The predicted octanol–water partition coefficient (Wildman–Crippen LogP) is 3.72. The van der Waals surface area contributed by atoms with Crippen molar-refractivity contribution >= 4 is 23.2 Å². The molecule has 0 spiro atoms. The van der Waals surface area contributed by atoms with E-state index in [1.807, 2.05) is 0 Å². The molecular weight excluding hydrogens is 394 g/mol. The molecular formula is C23H39N5OS. The van der Waals surface area contributed by atoms with E-state index in [1.165, 1.54) is 19.3 Å². The SMILES string of the molecule is CCNC(=NCCc1nc(C(C)(C)C)cs1)NC1CCN(C(=O)C2CCCCC2)C1. The van der Waals surface area contributed by atoms with Gasteiger partial charge in [-0.2, -0.15) is 0 Å². The van der Waals surface area contributed by atoms with Crippen molar-refractivity contribution in [3.05, 3.63) is 16.1 Å². The van der Waals surface area contributed by atoms with Gasteiger partial charge in [-0.1, -0.05) is 40.0 Å². The average molecular weight is 434 g/mol. The van der Waals surface area contributed by atoms with E-state index < -0.39 is 0 Å². The first-order chi connectivity index (χ1) is 14.4. The second-order valence-electron chi connectivity index (χ2n) is 9.64. The number of carbonyl (C=O) groups is 1. The lowest BCUT2D eigenvalue weighted by Gasteiger charge is -2.26. The van der Waals surface area contributed by atoms with Crippen molar-refractivity contribution in [2.45, 2.75) is 84.1 Å². The van der Waals surface area contributed by atoms with Gasteiger partial charge in [-0.15, -0.1) is 11.3 Å². The van der Waals surface area contributed by atoms with Gasteiger partial charge in [0.1, 0.15) is 0 Å². The van der Waals surface area contributed by atoms with E-state index in [0.717, 1.165) is 62.0 Å². The van der Waals surface area contributed by atoms with Crippen LogP contribution >= 0.6 is 11.3 Å². The van der Waals surface area contributed by atoms with Gasteiger partial charge >= 0.3 is 0 Å². The lowest BCUT2D eigenvalue weighted by atomic mass is 9.88. The number of hydrogen-bond donors (Lipinski definition) is 2. The largest absolute Gasteiger partial charge is 0.357 e. The van der Waals surface area contributed by atoms with Crippen LogP contribution in [0.25, 0.3) is 0 Å². The zero-order valence-corrected chi connectivity index (χ0v) is 20.0. The molecule has 1 atom stereocenters. The van der Waals surface area contributed by atoms with Gasteiger partial charge in [-0.05, 0) is 26.2 Å². The van der Waals surface area contributed by atoms with Crippen LogP contribution in [0.1, 0.15) is 76.9 Å². The van der Waals surface area contributed by atoms with Gasteiger partial charge in [0.2, 0.25) is 5.91 Å². The molecule has 2 N–H and O–H groups in total. The van der Waals surface area contributed by atoms with Gasteiger partial charge in [-0.3, -0.25) is 9.79 Å². The fraction of sp³-hybridized carbons (Fsp3) is 0.783. The summed E-state index contributed by atoms with van der Waals surface area (Å²) in [5.41, 5.74) is 1.25. The van der Waals surface area contributed by atoms with Crippen molar-refractivity contribution in [1.82, 2.24) is 20.5 Å². The third-order valence-electron chi connectivity index (χ3n) is 6.06. The number of nitrogens with zero attached hydrogens (tertiary/aromatic N) is 3. The molecule has 1 aliphatic heterocycles. The van der Waals surface area contributed by atoms with Gasteiger partial charge < -0.3 is 15.5 Å². The number of likely N-dealkylation sites (tertiary alicyclic amines) is 1. The van der Waals surface area contributed by atoms with Crippen molar-refractivity contribution < 1.29 is 4.79 Å². The van der Waals surface area contributed by atoms with Crippen LogP contribution in [0.5, 0.6) is 0 Å². The average Bonchev–Trinajstić information content (AvgIpc) is 3.38. The van der Waals surface area contributed by atoms with E-state index in [4.69, 9.17) is 9.98 Å². The lowest BCUT2D eigenvalue weighted by Crippen LogP contribution is -2.45. The summed E-state index contributed by atoms with van der Waals surface area (Å²) in [5.74, 6) is 1.48. The molecule has 0 bridgehead atoms.